The van der Waals surface area contributed by atoms with E-state index in [2.05, 4.69) is 15.2 Å². The Hall–Kier alpha value is -3.27. The summed E-state index contributed by atoms with van der Waals surface area (Å²) in [5, 5.41) is 17.2. The summed E-state index contributed by atoms with van der Waals surface area (Å²) in [5.41, 5.74) is 2.78. The fourth-order valence-electron chi connectivity index (χ4n) is 2.28. The maximum Gasteiger partial charge on any atom is 0.285 e. The number of nitrogens with zero attached hydrogens (tertiary/aromatic N) is 5. The average molecular weight is 321 g/mol. The van der Waals surface area contributed by atoms with E-state index in [9.17, 15) is 4.79 Å². The molecule has 2 heterocycles. The van der Waals surface area contributed by atoms with Crippen molar-refractivity contribution in [1.29, 1.82) is 5.26 Å². The van der Waals surface area contributed by atoms with Gasteiger partial charge in [-0.05, 0) is 38.5 Å². The van der Waals surface area contributed by atoms with E-state index in [0.717, 1.165) is 11.1 Å². The first-order chi connectivity index (χ1) is 11.5. The van der Waals surface area contributed by atoms with Gasteiger partial charge >= 0.3 is 0 Å². The molecule has 0 saturated carbocycles. The standard InChI is InChI=1S/C17H15N5O2/c1-10-4-6-13(7-5-10)16-19-15(21-24-16)9-22-17(23)14(8-18)11(2)12(3)20-22/h4-7H,9H2,1-3H3. The second-order valence-corrected chi connectivity index (χ2v) is 5.54. The first kappa shape index (κ1) is 15.6. The van der Waals surface area contributed by atoms with Gasteiger partial charge in [0, 0.05) is 5.56 Å². The lowest BCUT2D eigenvalue weighted by Crippen LogP contribution is -2.28. The first-order valence-electron chi connectivity index (χ1n) is 7.37. The van der Waals surface area contributed by atoms with Gasteiger partial charge < -0.3 is 4.52 Å². The Labute approximate surface area is 138 Å². The molecular formula is C17H15N5O2. The van der Waals surface area contributed by atoms with E-state index in [0.29, 0.717) is 23.0 Å². The van der Waals surface area contributed by atoms with Crippen LogP contribution in [0.4, 0.5) is 0 Å². The third-order valence-corrected chi connectivity index (χ3v) is 3.81. The van der Waals surface area contributed by atoms with Crippen LogP contribution in [-0.4, -0.2) is 19.9 Å². The molecule has 0 aliphatic rings. The molecule has 0 spiro atoms. The first-order valence-corrected chi connectivity index (χ1v) is 7.37. The summed E-state index contributed by atoms with van der Waals surface area (Å²) in [5.74, 6) is 0.703. The van der Waals surface area contributed by atoms with Gasteiger partial charge in [0.2, 0.25) is 0 Å². The van der Waals surface area contributed by atoms with Gasteiger partial charge in [-0.3, -0.25) is 4.79 Å². The summed E-state index contributed by atoms with van der Waals surface area (Å²) in [6, 6.07) is 9.61. The van der Waals surface area contributed by atoms with Crippen LogP contribution < -0.4 is 5.56 Å². The molecule has 0 amide bonds. The average Bonchev–Trinajstić information content (AvgIpc) is 3.02. The van der Waals surface area contributed by atoms with E-state index in [1.54, 1.807) is 13.8 Å². The number of benzene rings is 1. The third kappa shape index (κ3) is 2.82. The highest BCUT2D eigenvalue weighted by atomic mass is 16.5. The van der Waals surface area contributed by atoms with Gasteiger partial charge in [0.15, 0.2) is 5.82 Å². The second-order valence-electron chi connectivity index (χ2n) is 5.54. The molecular weight excluding hydrogens is 306 g/mol. The molecule has 3 aromatic rings. The Bertz CT molecular complexity index is 993. The monoisotopic (exact) mass is 321 g/mol. The number of hydrogen-bond acceptors (Lipinski definition) is 6. The zero-order chi connectivity index (χ0) is 17.3. The molecule has 0 fully saturated rings. The van der Waals surface area contributed by atoms with Crippen LogP contribution in [0, 0.1) is 32.1 Å². The molecule has 1 aromatic carbocycles. The van der Waals surface area contributed by atoms with Crippen molar-refractivity contribution < 1.29 is 4.52 Å². The molecule has 0 saturated heterocycles. The summed E-state index contributed by atoms with van der Waals surface area (Å²) in [4.78, 5) is 16.6. The van der Waals surface area contributed by atoms with Crippen LogP contribution in [0.25, 0.3) is 11.5 Å². The van der Waals surface area contributed by atoms with Gasteiger partial charge in [-0.2, -0.15) is 15.3 Å². The summed E-state index contributed by atoms with van der Waals surface area (Å²) < 4.78 is 6.43. The fraction of sp³-hybridized carbons (Fsp3) is 0.235. The molecule has 0 aliphatic carbocycles. The lowest BCUT2D eigenvalue weighted by Gasteiger charge is -2.06. The Kier molecular flexibility index (Phi) is 3.96. The van der Waals surface area contributed by atoms with Crippen molar-refractivity contribution >= 4 is 0 Å². The van der Waals surface area contributed by atoms with Crippen molar-refractivity contribution in [1.82, 2.24) is 19.9 Å². The minimum Gasteiger partial charge on any atom is -0.334 e. The van der Waals surface area contributed by atoms with E-state index >= 15 is 0 Å². The molecule has 3 rings (SSSR count). The zero-order valence-electron chi connectivity index (χ0n) is 13.6. The summed E-state index contributed by atoms with van der Waals surface area (Å²) in [6.07, 6.45) is 0. The predicted octanol–water partition coefficient (Wildman–Crippen LogP) is 2.14. The predicted molar refractivity (Wildman–Crippen MR) is 86.3 cm³/mol. The zero-order valence-corrected chi connectivity index (χ0v) is 13.6. The van der Waals surface area contributed by atoms with Crippen molar-refractivity contribution in [3.05, 3.63) is 62.8 Å². The number of aryl methyl sites for hydroxylation is 2. The molecule has 0 bridgehead atoms. The topological polar surface area (TPSA) is 97.6 Å². The normalized spacial score (nSPS) is 10.6. The molecule has 0 aliphatic heterocycles. The van der Waals surface area contributed by atoms with Crippen molar-refractivity contribution in [2.24, 2.45) is 0 Å². The van der Waals surface area contributed by atoms with Crippen molar-refractivity contribution in [3.63, 3.8) is 0 Å². The molecule has 7 nitrogen and oxygen atoms in total. The SMILES string of the molecule is Cc1ccc(-c2nc(Cn3nc(C)c(C)c(C#N)c3=O)no2)cc1. The highest BCUT2D eigenvalue weighted by molar-refractivity contribution is 5.53. The van der Waals surface area contributed by atoms with Gasteiger partial charge in [-0.15, -0.1) is 0 Å². The third-order valence-electron chi connectivity index (χ3n) is 3.81. The lowest BCUT2D eigenvalue weighted by molar-refractivity contribution is 0.417. The molecule has 0 N–H and O–H groups in total. The number of rotatable bonds is 3. The Morgan fingerprint density at radius 3 is 2.58 bits per heavy atom. The van der Waals surface area contributed by atoms with E-state index in [1.165, 1.54) is 4.68 Å². The van der Waals surface area contributed by atoms with Gasteiger partial charge in [-0.25, -0.2) is 4.68 Å². The number of nitriles is 1. The minimum atomic E-state index is -0.456. The van der Waals surface area contributed by atoms with Gasteiger partial charge in [0.25, 0.3) is 11.4 Å². The Morgan fingerprint density at radius 2 is 1.92 bits per heavy atom. The van der Waals surface area contributed by atoms with Gasteiger partial charge in [0.05, 0.1) is 5.69 Å². The van der Waals surface area contributed by atoms with E-state index < -0.39 is 5.56 Å². The highest BCUT2D eigenvalue weighted by Gasteiger charge is 2.15. The largest absolute Gasteiger partial charge is 0.334 e. The number of aromatic nitrogens is 4. The number of hydrogen-bond donors (Lipinski definition) is 0. The van der Waals surface area contributed by atoms with Crippen LogP contribution >= 0.6 is 0 Å². The van der Waals surface area contributed by atoms with Crippen LogP contribution in [-0.2, 0) is 6.54 Å². The molecule has 0 atom stereocenters. The van der Waals surface area contributed by atoms with E-state index in [-0.39, 0.29) is 12.1 Å². The minimum absolute atomic E-state index is 0.0456. The molecule has 24 heavy (non-hydrogen) atoms. The van der Waals surface area contributed by atoms with Crippen LogP contribution in [0.15, 0.2) is 33.6 Å². The van der Waals surface area contributed by atoms with E-state index in [4.69, 9.17) is 9.78 Å². The van der Waals surface area contributed by atoms with E-state index in [1.807, 2.05) is 37.3 Å². The van der Waals surface area contributed by atoms with Crippen molar-refractivity contribution in [3.8, 4) is 17.5 Å². The lowest BCUT2D eigenvalue weighted by atomic mass is 10.1. The fourth-order valence-corrected chi connectivity index (χ4v) is 2.28. The van der Waals surface area contributed by atoms with Crippen LogP contribution in [0.5, 0.6) is 0 Å². The Morgan fingerprint density at radius 1 is 1.21 bits per heavy atom. The second kappa shape index (κ2) is 6.08. The quantitative estimate of drug-likeness (QED) is 0.733. The smallest absolute Gasteiger partial charge is 0.285 e. The summed E-state index contributed by atoms with van der Waals surface area (Å²) in [6.45, 7) is 5.49. The van der Waals surface area contributed by atoms with Crippen molar-refractivity contribution in [2.75, 3.05) is 0 Å². The summed E-state index contributed by atoms with van der Waals surface area (Å²) in [7, 11) is 0. The molecule has 7 heteroatoms. The summed E-state index contributed by atoms with van der Waals surface area (Å²) >= 11 is 0. The van der Waals surface area contributed by atoms with Gasteiger partial charge in [0.1, 0.15) is 18.2 Å². The molecule has 0 radical (unpaired) electrons. The molecule has 120 valence electrons. The molecule has 0 unspecified atom stereocenters. The highest BCUT2D eigenvalue weighted by Crippen LogP contribution is 2.17. The Balaban J connectivity index is 1.94. The molecule has 2 aromatic heterocycles. The van der Waals surface area contributed by atoms with Gasteiger partial charge in [-0.1, -0.05) is 22.9 Å². The van der Waals surface area contributed by atoms with Crippen LogP contribution in [0.3, 0.4) is 0 Å². The van der Waals surface area contributed by atoms with Crippen LogP contribution in [0.1, 0.15) is 28.2 Å². The van der Waals surface area contributed by atoms with Crippen molar-refractivity contribution in [2.45, 2.75) is 27.3 Å². The van der Waals surface area contributed by atoms with Crippen LogP contribution in [0.2, 0.25) is 0 Å². The maximum absolute atomic E-state index is 12.3. The maximum atomic E-state index is 12.3.